The van der Waals surface area contributed by atoms with Crippen LogP contribution in [0.15, 0.2) is 42.5 Å². The summed E-state index contributed by atoms with van der Waals surface area (Å²) >= 11 is 0. The number of likely N-dealkylation sites (N-methyl/N-ethyl adjacent to an activating group) is 1. The zero-order valence-corrected chi connectivity index (χ0v) is 22.7. The Kier molecular flexibility index (Phi) is 8.03. The van der Waals surface area contributed by atoms with Gasteiger partial charge in [0, 0.05) is 24.3 Å². The maximum atomic E-state index is 11.4. The average Bonchev–Trinajstić information content (AvgIpc) is 3.21. The molecule has 2 aliphatic heterocycles. The number of piperidine rings is 1. The van der Waals surface area contributed by atoms with Gasteiger partial charge in [-0.3, -0.25) is 4.79 Å². The first kappa shape index (κ1) is 28.0. The Bertz CT molecular complexity index is 1140. The summed E-state index contributed by atoms with van der Waals surface area (Å²) in [5, 5.41) is 23.4. The lowest BCUT2D eigenvalue weighted by Crippen LogP contribution is -2.78. The Morgan fingerprint density at radius 2 is 1.97 bits per heavy atom. The third-order valence-corrected chi connectivity index (χ3v) is 9.02. The number of rotatable bonds is 8. The Hall–Kier alpha value is -2.03. The number of nitrogens with zero attached hydrogens (tertiary/aromatic N) is 1. The van der Waals surface area contributed by atoms with Gasteiger partial charge < -0.3 is 29.9 Å². The molecular weight excluding hydrogens is 515 g/mol. The Labute approximate surface area is 230 Å². The van der Waals surface area contributed by atoms with E-state index in [0.717, 1.165) is 50.6 Å². The van der Waals surface area contributed by atoms with Crippen molar-refractivity contribution in [3.8, 4) is 11.5 Å². The summed E-state index contributed by atoms with van der Waals surface area (Å²) in [6.07, 6.45) is 4.95. The first-order valence-corrected chi connectivity index (χ1v) is 12.8. The minimum Gasteiger partial charge on any atom is -0.504 e. The predicted molar refractivity (Wildman–Crippen MR) is 146 cm³/mol. The van der Waals surface area contributed by atoms with Crippen molar-refractivity contribution in [2.24, 2.45) is 0 Å². The molecule has 37 heavy (non-hydrogen) atoms. The number of likely N-dealkylation sites (tertiary alicyclic amines) is 1. The molecule has 3 N–H and O–H groups in total. The summed E-state index contributed by atoms with van der Waals surface area (Å²) in [5.41, 5.74) is 2.80. The summed E-state index contributed by atoms with van der Waals surface area (Å²) in [7, 11) is 2.19. The van der Waals surface area contributed by atoms with Gasteiger partial charge in [0.1, 0.15) is 6.10 Å². The summed E-state index contributed by atoms with van der Waals surface area (Å²) in [5.74, 6) is -0.128. The maximum Gasteiger partial charge on any atom is 0.317 e. The highest BCUT2D eigenvalue weighted by Gasteiger charge is 2.73. The zero-order chi connectivity index (χ0) is 24.2. The molecule has 1 spiro atoms. The van der Waals surface area contributed by atoms with Crippen LogP contribution in [0.1, 0.15) is 42.4 Å². The number of nitrogens with one attached hydrogen (secondary N) is 1. The quantitative estimate of drug-likeness (QED) is 0.431. The third kappa shape index (κ3) is 4.20. The number of carboxylic acids is 1. The number of phenolic OH excluding ortho intramolecular Hbond substituents is 1. The van der Waals surface area contributed by atoms with Crippen LogP contribution in [0.25, 0.3) is 0 Å². The number of hydrogen-bond donors (Lipinski definition) is 3. The van der Waals surface area contributed by atoms with Gasteiger partial charge in [-0.05, 0) is 69.3 Å². The van der Waals surface area contributed by atoms with Gasteiger partial charge in [-0.1, -0.05) is 36.4 Å². The third-order valence-electron chi connectivity index (χ3n) is 9.02. The monoisotopic (exact) mass is 550 g/mol. The molecule has 0 unspecified atom stereocenters. The van der Waals surface area contributed by atoms with Crippen LogP contribution < -0.4 is 10.1 Å². The zero-order valence-electron chi connectivity index (χ0n) is 21.0. The van der Waals surface area contributed by atoms with Crippen LogP contribution in [0.2, 0.25) is 0 Å². The molecule has 4 aliphatic rings. The van der Waals surface area contributed by atoms with Gasteiger partial charge in [0.2, 0.25) is 0 Å². The smallest absolute Gasteiger partial charge is 0.317 e. The lowest BCUT2D eigenvalue weighted by atomic mass is 9.48. The van der Waals surface area contributed by atoms with E-state index in [2.05, 4.69) is 41.5 Å². The molecule has 0 radical (unpaired) electrons. The number of benzene rings is 2. The molecule has 2 aromatic carbocycles. The van der Waals surface area contributed by atoms with Crippen LogP contribution in [0.3, 0.4) is 0 Å². The second-order valence-electron chi connectivity index (χ2n) is 10.7. The van der Waals surface area contributed by atoms with Gasteiger partial charge in [-0.15, -0.1) is 24.8 Å². The lowest BCUT2D eigenvalue weighted by Gasteiger charge is -2.65. The van der Waals surface area contributed by atoms with Gasteiger partial charge in [0.15, 0.2) is 11.5 Å². The van der Waals surface area contributed by atoms with E-state index in [1.807, 2.05) is 12.1 Å². The number of phenols is 1. The van der Waals surface area contributed by atoms with E-state index in [4.69, 9.17) is 9.47 Å². The molecule has 2 heterocycles. The summed E-state index contributed by atoms with van der Waals surface area (Å²) < 4.78 is 13.6. The fraction of sp³-hybridized carbons (Fsp3) is 0.536. The fourth-order valence-corrected chi connectivity index (χ4v) is 7.62. The van der Waals surface area contributed by atoms with Crippen molar-refractivity contribution >= 4 is 30.8 Å². The minimum absolute atomic E-state index is 0. The van der Waals surface area contributed by atoms with Crippen molar-refractivity contribution in [2.45, 2.75) is 67.7 Å². The van der Waals surface area contributed by atoms with Gasteiger partial charge in [-0.25, -0.2) is 0 Å². The summed E-state index contributed by atoms with van der Waals surface area (Å²) in [6, 6.07) is 14.4. The normalized spacial score (nSPS) is 30.9. The average molecular weight is 552 g/mol. The predicted octanol–water partition coefficient (Wildman–Crippen LogP) is 3.72. The summed E-state index contributed by atoms with van der Waals surface area (Å²) in [4.78, 5) is 13.8. The van der Waals surface area contributed by atoms with Crippen LogP contribution in [0, 0.1) is 0 Å². The number of hydrogen-bond acceptors (Lipinski definition) is 6. The highest BCUT2D eigenvalue weighted by Crippen LogP contribution is 2.66. The molecule has 2 bridgehead atoms. The van der Waals surface area contributed by atoms with Gasteiger partial charge >= 0.3 is 5.97 Å². The van der Waals surface area contributed by atoms with E-state index in [1.54, 1.807) is 6.07 Å². The molecule has 2 fully saturated rings. The number of halogens is 2. The molecule has 1 saturated heterocycles. The van der Waals surface area contributed by atoms with Crippen LogP contribution in [-0.2, 0) is 27.8 Å². The van der Waals surface area contributed by atoms with Crippen molar-refractivity contribution in [1.29, 1.82) is 0 Å². The molecule has 6 rings (SSSR count). The number of ether oxygens (including phenoxy) is 2. The number of carboxylic acid groups (broad SMARTS) is 1. The van der Waals surface area contributed by atoms with Crippen molar-refractivity contribution < 1.29 is 24.5 Å². The molecule has 2 aromatic rings. The fourth-order valence-electron chi connectivity index (χ4n) is 7.62. The summed E-state index contributed by atoms with van der Waals surface area (Å²) in [6.45, 7) is 1.47. The molecule has 2 aliphatic carbocycles. The van der Waals surface area contributed by atoms with Crippen LogP contribution in [0.4, 0.5) is 0 Å². The molecule has 7 nitrogen and oxygen atoms in total. The molecule has 1 saturated carbocycles. The molecule has 0 aromatic heterocycles. The Morgan fingerprint density at radius 3 is 2.73 bits per heavy atom. The van der Waals surface area contributed by atoms with E-state index in [0.29, 0.717) is 12.4 Å². The van der Waals surface area contributed by atoms with Gasteiger partial charge in [0.25, 0.3) is 0 Å². The molecule has 9 heteroatoms. The Morgan fingerprint density at radius 1 is 1.19 bits per heavy atom. The molecule has 0 amide bonds. The lowest BCUT2D eigenvalue weighted by molar-refractivity contribution is -0.217. The molecule has 5 atom stereocenters. The number of aromatic hydroxyl groups is 1. The van der Waals surface area contributed by atoms with Crippen molar-refractivity contribution in [1.82, 2.24) is 10.2 Å². The number of carbonyl (C=O) groups is 1. The second-order valence-corrected chi connectivity index (χ2v) is 10.7. The van der Waals surface area contributed by atoms with Crippen molar-refractivity contribution in [3.05, 3.63) is 59.2 Å². The topological polar surface area (TPSA) is 91.3 Å². The van der Waals surface area contributed by atoms with E-state index >= 15 is 0 Å². The van der Waals surface area contributed by atoms with E-state index in [9.17, 15) is 15.0 Å². The van der Waals surface area contributed by atoms with E-state index in [-0.39, 0.29) is 55.3 Å². The standard InChI is InChI=1S/C28H34N2O5.2ClH/c1-30-14-13-27-24-19-9-10-21(31)25(24)35-26(27)20(29-17-23(32)33)11-12-28(27,22(30)16-19)34-15-5-8-18-6-3-2-4-7-18;;/h2-4,6-7,9-10,20,22,26,29,31H,5,8,11-17H2,1H3,(H,32,33);2*1H/t20-,22+,26-,27-,28+;;/m0../s1. The maximum absolute atomic E-state index is 11.4. The number of aliphatic carboxylic acids is 1. The first-order valence-electron chi connectivity index (χ1n) is 12.8. The Balaban J connectivity index is 0.00000160. The van der Waals surface area contributed by atoms with Crippen LogP contribution in [0.5, 0.6) is 11.5 Å². The van der Waals surface area contributed by atoms with Gasteiger partial charge in [-0.2, -0.15) is 0 Å². The minimum atomic E-state index is -0.875. The molecular formula is C28H36Cl2N2O5. The second kappa shape index (κ2) is 10.6. The van der Waals surface area contributed by atoms with Crippen LogP contribution >= 0.6 is 24.8 Å². The highest BCUT2D eigenvalue weighted by molar-refractivity contribution is 5.85. The largest absolute Gasteiger partial charge is 0.504 e. The van der Waals surface area contributed by atoms with Gasteiger partial charge in [0.05, 0.1) is 17.6 Å². The SMILES string of the molecule is CN1CC[C@]23c4c5ccc(O)c4O[C@H]2[C@@H](NCC(=O)O)CC[C@@]3(OCCCc2ccccc2)[C@H]1C5.Cl.Cl. The first-order chi connectivity index (χ1) is 17.0. The molecule has 202 valence electrons. The number of aryl methyl sites for hydroxylation is 1. The van der Waals surface area contributed by atoms with Crippen molar-refractivity contribution in [2.75, 3.05) is 26.7 Å². The van der Waals surface area contributed by atoms with Crippen LogP contribution in [-0.4, -0.2) is 71.6 Å². The van der Waals surface area contributed by atoms with E-state index < -0.39 is 17.0 Å². The van der Waals surface area contributed by atoms with E-state index in [1.165, 1.54) is 11.1 Å². The highest BCUT2D eigenvalue weighted by atomic mass is 35.5. The van der Waals surface area contributed by atoms with Crippen molar-refractivity contribution in [3.63, 3.8) is 0 Å².